The highest BCUT2D eigenvalue weighted by atomic mass is 19.1. The van der Waals surface area contributed by atoms with E-state index in [1.54, 1.807) is 17.0 Å². The van der Waals surface area contributed by atoms with Crippen molar-refractivity contribution in [1.82, 2.24) is 29.1 Å². The number of anilines is 1. The van der Waals surface area contributed by atoms with Crippen LogP contribution in [0.2, 0.25) is 0 Å². The molecule has 2 aromatic heterocycles. The summed E-state index contributed by atoms with van der Waals surface area (Å²) in [5.74, 6) is -0.405. The standard InChI is InChI=1S/C31H34FN7O3/c32-23-3-7-26(8-4-23)39-28-27(19-34-39)30(41)37(21-33-28)20-31(42)11-15-36(16-12-31)29(40)22-1-5-24(6-2-22)38-18-17-35-13-9-25(38)10-14-35/h1-8,19,21,25,42H,9-18,20H2. The molecule has 4 aromatic rings. The number of aliphatic hydroxyl groups is 1. The van der Waals surface area contributed by atoms with Gasteiger partial charge in [-0.3, -0.25) is 14.2 Å². The van der Waals surface area contributed by atoms with Crippen LogP contribution >= 0.6 is 0 Å². The molecule has 2 aromatic carbocycles. The Hall–Kier alpha value is -4.09. The van der Waals surface area contributed by atoms with E-state index in [1.165, 1.54) is 65.5 Å². The van der Waals surface area contributed by atoms with E-state index in [0.717, 1.165) is 13.1 Å². The van der Waals surface area contributed by atoms with Crippen LogP contribution in [0.15, 0.2) is 65.8 Å². The maximum Gasteiger partial charge on any atom is 0.264 e. The summed E-state index contributed by atoms with van der Waals surface area (Å²) < 4.78 is 16.2. The van der Waals surface area contributed by atoms with Gasteiger partial charge in [0.25, 0.3) is 11.5 Å². The maximum atomic E-state index is 13.3. The molecule has 0 aliphatic carbocycles. The molecule has 2 bridgehead atoms. The fraction of sp³-hybridized carbons (Fsp3) is 0.419. The highest BCUT2D eigenvalue weighted by Crippen LogP contribution is 2.29. The number of likely N-dealkylation sites (tertiary alicyclic amines) is 1. The summed E-state index contributed by atoms with van der Waals surface area (Å²) in [6.07, 6.45) is 5.93. The highest BCUT2D eigenvalue weighted by Gasteiger charge is 2.35. The number of halogens is 1. The molecule has 1 N–H and O–H groups in total. The molecule has 8 rings (SSSR count). The number of amides is 1. The summed E-state index contributed by atoms with van der Waals surface area (Å²) in [6.45, 7) is 5.31. The molecule has 0 spiro atoms. The lowest BCUT2D eigenvalue weighted by Gasteiger charge is -2.38. The van der Waals surface area contributed by atoms with Gasteiger partial charge in [-0.15, -0.1) is 0 Å². The van der Waals surface area contributed by atoms with E-state index in [9.17, 15) is 19.1 Å². The van der Waals surface area contributed by atoms with Crippen molar-refractivity contribution < 1.29 is 14.3 Å². The Morgan fingerprint density at radius 3 is 2.33 bits per heavy atom. The number of hydrogen-bond acceptors (Lipinski definition) is 7. The maximum absolute atomic E-state index is 13.3. The number of benzene rings is 2. The van der Waals surface area contributed by atoms with Gasteiger partial charge in [0.15, 0.2) is 5.65 Å². The minimum absolute atomic E-state index is 0.0417. The fourth-order valence-electron chi connectivity index (χ4n) is 6.64. The van der Waals surface area contributed by atoms with Gasteiger partial charge in [0.1, 0.15) is 17.5 Å². The van der Waals surface area contributed by atoms with Crippen LogP contribution in [0.5, 0.6) is 0 Å². The number of carbonyl (C=O) groups is 1. The molecule has 4 fully saturated rings. The Labute approximate surface area is 242 Å². The molecule has 0 atom stereocenters. The van der Waals surface area contributed by atoms with Crippen LogP contribution in [0.4, 0.5) is 10.1 Å². The summed E-state index contributed by atoms with van der Waals surface area (Å²) in [5, 5.41) is 15.9. The number of hydrogen-bond donors (Lipinski definition) is 1. The van der Waals surface area contributed by atoms with Gasteiger partial charge in [-0.1, -0.05) is 0 Å². The van der Waals surface area contributed by atoms with Gasteiger partial charge < -0.3 is 19.8 Å². The predicted octanol–water partition coefficient (Wildman–Crippen LogP) is 2.67. The van der Waals surface area contributed by atoms with Crippen molar-refractivity contribution in [3.05, 3.63) is 82.8 Å². The first-order chi connectivity index (χ1) is 20.4. The molecule has 11 heteroatoms. The van der Waals surface area contributed by atoms with Gasteiger partial charge in [0, 0.05) is 56.6 Å². The van der Waals surface area contributed by atoms with E-state index < -0.39 is 5.60 Å². The van der Waals surface area contributed by atoms with Crippen molar-refractivity contribution in [3.8, 4) is 5.69 Å². The van der Waals surface area contributed by atoms with Crippen molar-refractivity contribution in [2.45, 2.75) is 43.9 Å². The Morgan fingerprint density at radius 2 is 1.62 bits per heavy atom. The zero-order valence-corrected chi connectivity index (χ0v) is 23.4. The second kappa shape index (κ2) is 10.6. The van der Waals surface area contributed by atoms with Crippen LogP contribution in [-0.4, -0.2) is 91.1 Å². The van der Waals surface area contributed by atoms with E-state index in [0.29, 0.717) is 54.3 Å². The lowest BCUT2D eigenvalue weighted by Crippen LogP contribution is -2.49. The zero-order chi connectivity index (χ0) is 28.8. The van der Waals surface area contributed by atoms with Gasteiger partial charge in [0.2, 0.25) is 0 Å². The van der Waals surface area contributed by atoms with Crippen molar-refractivity contribution in [2.24, 2.45) is 0 Å². The average Bonchev–Trinajstić information content (AvgIpc) is 3.21. The highest BCUT2D eigenvalue weighted by molar-refractivity contribution is 5.94. The van der Waals surface area contributed by atoms with Gasteiger partial charge in [-0.2, -0.15) is 5.10 Å². The van der Waals surface area contributed by atoms with Crippen molar-refractivity contribution >= 4 is 22.6 Å². The summed E-state index contributed by atoms with van der Waals surface area (Å²) in [6, 6.07) is 14.3. The van der Waals surface area contributed by atoms with E-state index in [1.807, 2.05) is 12.1 Å². The first-order valence-corrected chi connectivity index (χ1v) is 14.7. The van der Waals surface area contributed by atoms with Crippen LogP contribution in [0.1, 0.15) is 36.0 Å². The number of piperidine rings is 2. The normalized spacial score (nSPS) is 22.0. The first-order valence-electron chi connectivity index (χ1n) is 14.7. The number of carbonyl (C=O) groups excluding carboxylic acids is 1. The van der Waals surface area contributed by atoms with Crippen LogP contribution in [0.3, 0.4) is 0 Å². The Balaban J connectivity index is 1.00. The van der Waals surface area contributed by atoms with Gasteiger partial charge in [-0.05, 0) is 74.2 Å². The Kier molecular flexibility index (Phi) is 6.78. The Morgan fingerprint density at radius 1 is 0.929 bits per heavy atom. The molecule has 0 saturated carbocycles. The lowest BCUT2D eigenvalue weighted by molar-refractivity contribution is -0.0299. The fourth-order valence-corrected chi connectivity index (χ4v) is 6.64. The topological polar surface area (TPSA) is 99.7 Å². The minimum Gasteiger partial charge on any atom is -0.388 e. The molecule has 4 saturated heterocycles. The Bertz CT molecular complexity index is 1650. The van der Waals surface area contributed by atoms with Gasteiger partial charge in [-0.25, -0.2) is 14.1 Å². The molecule has 6 heterocycles. The molecule has 4 aliphatic heterocycles. The molecule has 10 nitrogen and oxygen atoms in total. The summed E-state index contributed by atoms with van der Waals surface area (Å²) in [5.41, 5.74) is 1.32. The van der Waals surface area contributed by atoms with Gasteiger partial charge in [0.05, 0.1) is 24.0 Å². The summed E-state index contributed by atoms with van der Waals surface area (Å²) in [7, 11) is 0. The quantitative estimate of drug-likeness (QED) is 0.393. The molecular formula is C31H34FN7O3. The third-order valence-corrected chi connectivity index (χ3v) is 9.17. The molecule has 1 amide bonds. The molecule has 0 unspecified atom stereocenters. The van der Waals surface area contributed by atoms with E-state index in [4.69, 9.17) is 0 Å². The predicted molar refractivity (Wildman–Crippen MR) is 156 cm³/mol. The van der Waals surface area contributed by atoms with E-state index in [2.05, 4.69) is 32.0 Å². The molecule has 0 radical (unpaired) electrons. The van der Waals surface area contributed by atoms with Crippen molar-refractivity contribution in [3.63, 3.8) is 0 Å². The van der Waals surface area contributed by atoms with E-state index in [-0.39, 0.29) is 23.8 Å². The zero-order valence-electron chi connectivity index (χ0n) is 23.4. The average molecular weight is 572 g/mol. The van der Waals surface area contributed by atoms with Crippen molar-refractivity contribution in [2.75, 3.05) is 44.2 Å². The molecule has 218 valence electrons. The second-order valence-corrected chi connectivity index (χ2v) is 11.8. The van der Waals surface area contributed by atoms with Crippen molar-refractivity contribution in [1.29, 1.82) is 0 Å². The van der Waals surface area contributed by atoms with Crippen LogP contribution in [0, 0.1) is 5.82 Å². The lowest BCUT2D eigenvalue weighted by atomic mass is 9.91. The van der Waals surface area contributed by atoms with Crippen LogP contribution < -0.4 is 10.5 Å². The van der Waals surface area contributed by atoms with Gasteiger partial charge >= 0.3 is 0 Å². The van der Waals surface area contributed by atoms with Crippen LogP contribution in [0.25, 0.3) is 16.7 Å². The molecule has 4 aliphatic rings. The number of fused-ring (bicyclic) bond motifs is 5. The third kappa shape index (κ3) is 4.96. The smallest absolute Gasteiger partial charge is 0.264 e. The number of aromatic nitrogens is 4. The molecular weight excluding hydrogens is 537 g/mol. The monoisotopic (exact) mass is 571 g/mol. The first kappa shape index (κ1) is 26.8. The summed E-state index contributed by atoms with van der Waals surface area (Å²) in [4.78, 5) is 37.8. The van der Waals surface area contributed by atoms with E-state index >= 15 is 0 Å². The number of nitrogens with zero attached hydrogens (tertiary/aromatic N) is 7. The molecule has 42 heavy (non-hydrogen) atoms. The summed E-state index contributed by atoms with van der Waals surface area (Å²) >= 11 is 0. The largest absolute Gasteiger partial charge is 0.388 e. The SMILES string of the molecule is O=C(c1ccc(N2CCN3CCC2CC3)cc1)N1CCC(O)(Cn2cnc3c(cnn3-c3ccc(F)cc3)c2=O)CC1. The van der Waals surface area contributed by atoms with Crippen LogP contribution in [-0.2, 0) is 6.54 Å². The minimum atomic E-state index is -1.14. The second-order valence-electron chi connectivity index (χ2n) is 11.8. The third-order valence-electron chi connectivity index (χ3n) is 9.17. The number of rotatable bonds is 5.